The van der Waals surface area contributed by atoms with E-state index in [1.807, 2.05) is 26.8 Å². The Kier molecular flexibility index (Phi) is 6.81. The van der Waals surface area contributed by atoms with E-state index in [-0.39, 0.29) is 17.6 Å². The van der Waals surface area contributed by atoms with Crippen LogP contribution in [0, 0.1) is 11.8 Å². The summed E-state index contributed by atoms with van der Waals surface area (Å²) in [4.78, 5) is 4.20. The van der Waals surface area contributed by atoms with E-state index in [4.69, 9.17) is 5.73 Å². The van der Waals surface area contributed by atoms with Gasteiger partial charge in [0.25, 0.3) is 0 Å². The number of aliphatic hydroxyl groups is 1. The van der Waals surface area contributed by atoms with Gasteiger partial charge in [-0.3, -0.25) is 4.99 Å². The van der Waals surface area contributed by atoms with E-state index in [0.29, 0.717) is 5.57 Å². The van der Waals surface area contributed by atoms with Gasteiger partial charge in [0.2, 0.25) is 0 Å². The molecule has 0 saturated heterocycles. The van der Waals surface area contributed by atoms with Crippen molar-refractivity contribution in [1.29, 1.82) is 0 Å². The molecule has 0 radical (unpaired) electrons. The average Bonchev–Trinajstić information content (AvgIpc) is 2.33. The van der Waals surface area contributed by atoms with Gasteiger partial charge < -0.3 is 10.8 Å². The van der Waals surface area contributed by atoms with Gasteiger partial charge in [-0.05, 0) is 34.1 Å². The van der Waals surface area contributed by atoms with Crippen LogP contribution in [0.15, 0.2) is 28.0 Å². The number of rotatable bonds is 4. The fourth-order valence-corrected chi connectivity index (χ4v) is 1.23. The van der Waals surface area contributed by atoms with Crippen molar-refractivity contribution < 1.29 is 5.11 Å². The first-order chi connectivity index (χ1) is 7.97. The zero-order valence-corrected chi connectivity index (χ0v) is 11.3. The summed E-state index contributed by atoms with van der Waals surface area (Å²) in [6.07, 6.45) is 2.73. The summed E-state index contributed by atoms with van der Waals surface area (Å²) in [6.45, 7) is 9.39. The summed E-state index contributed by atoms with van der Waals surface area (Å²) < 4.78 is 0. The highest BCUT2D eigenvalue weighted by Gasteiger charge is 2.09. The van der Waals surface area contributed by atoms with E-state index in [2.05, 4.69) is 16.8 Å². The van der Waals surface area contributed by atoms with Crippen molar-refractivity contribution in [3.05, 3.63) is 23.0 Å². The maximum absolute atomic E-state index is 9.97. The standard InChI is InChI=1S/C14H22N2O/c1-6-9-12(8-3)11(5)13(17)14(15)16-10(4)7-2/h8,10,17H,7H2,1-5H3,(H2,15,16)/b12-8?,13-11-. The molecule has 1 unspecified atom stereocenters. The molecule has 0 heterocycles. The molecule has 3 nitrogen and oxygen atoms in total. The summed E-state index contributed by atoms with van der Waals surface area (Å²) in [7, 11) is 0. The predicted molar refractivity (Wildman–Crippen MR) is 73.9 cm³/mol. The lowest BCUT2D eigenvalue weighted by molar-refractivity contribution is 0.435. The quantitative estimate of drug-likeness (QED) is 0.258. The zero-order chi connectivity index (χ0) is 13.4. The maximum Gasteiger partial charge on any atom is 0.161 e. The van der Waals surface area contributed by atoms with Gasteiger partial charge in [-0.2, -0.15) is 0 Å². The number of nitrogens with two attached hydrogens (primary N) is 1. The molecule has 94 valence electrons. The first-order valence-electron chi connectivity index (χ1n) is 5.80. The Morgan fingerprint density at radius 1 is 1.53 bits per heavy atom. The predicted octanol–water partition coefficient (Wildman–Crippen LogP) is 2.94. The summed E-state index contributed by atoms with van der Waals surface area (Å²) in [6, 6.07) is 0.108. The lowest BCUT2D eigenvalue weighted by Gasteiger charge is -2.08. The molecular formula is C14H22N2O. The lowest BCUT2D eigenvalue weighted by atomic mass is 10.1. The molecule has 0 rings (SSSR count). The molecule has 0 aliphatic carbocycles. The minimum absolute atomic E-state index is 0.0150. The Morgan fingerprint density at radius 2 is 2.12 bits per heavy atom. The van der Waals surface area contributed by atoms with Crippen molar-refractivity contribution >= 4 is 5.84 Å². The summed E-state index contributed by atoms with van der Waals surface area (Å²) in [5.74, 6) is 5.91. The van der Waals surface area contributed by atoms with Crippen LogP contribution in [0.5, 0.6) is 0 Å². The number of hydrogen-bond acceptors (Lipinski definition) is 2. The number of amidine groups is 1. The van der Waals surface area contributed by atoms with E-state index in [9.17, 15) is 5.11 Å². The highest BCUT2D eigenvalue weighted by atomic mass is 16.3. The second kappa shape index (κ2) is 7.56. The van der Waals surface area contributed by atoms with Crippen molar-refractivity contribution in [1.82, 2.24) is 0 Å². The van der Waals surface area contributed by atoms with E-state index in [1.54, 1.807) is 13.8 Å². The molecule has 0 aromatic rings. The van der Waals surface area contributed by atoms with Gasteiger partial charge in [0.1, 0.15) is 0 Å². The van der Waals surface area contributed by atoms with Crippen molar-refractivity contribution in [3.8, 4) is 11.8 Å². The summed E-state index contributed by atoms with van der Waals surface area (Å²) >= 11 is 0. The molecule has 0 aliphatic rings. The molecule has 0 fully saturated rings. The van der Waals surface area contributed by atoms with Crippen LogP contribution < -0.4 is 5.73 Å². The molecule has 0 aromatic carbocycles. The minimum Gasteiger partial charge on any atom is -0.504 e. The number of aliphatic hydroxyl groups excluding tert-OH is 1. The van der Waals surface area contributed by atoms with Crippen LogP contribution in [0.1, 0.15) is 41.0 Å². The van der Waals surface area contributed by atoms with Crippen molar-refractivity contribution in [3.63, 3.8) is 0 Å². The van der Waals surface area contributed by atoms with Gasteiger partial charge in [0.15, 0.2) is 11.6 Å². The van der Waals surface area contributed by atoms with Crippen LogP contribution in [0.2, 0.25) is 0 Å². The second-order valence-electron chi connectivity index (χ2n) is 3.82. The number of hydrogen-bond donors (Lipinski definition) is 2. The maximum atomic E-state index is 9.97. The normalized spacial score (nSPS) is 15.8. The van der Waals surface area contributed by atoms with Gasteiger partial charge in [0, 0.05) is 17.2 Å². The topological polar surface area (TPSA) is 58.6 Å². The highest BCUT2D eigenvalue weighted by molar-refractivity contribution is 5.96. The number of aliphatic imine (C=N–C) groups is 1. The zero-order valence-electron chi connectivity index (χ0n) is 11.3. The van der Waals surface area contributed by atoms with Gasteiger partial charge in [0.05, 0.1) is 0 Å². The van der Waals surface area contributed by atoms with E-state index in [0.717, 1.165) is 12.0 Å². The fraction of sp³-hybridized carbons (Fsp3) is 0.500. The third-order valence-electron chi connectivity index (χ3n) is 2.50. The molecular weight excluding hydrogens is 212 g/mol. The molecule has 3 N–H and O–H groups in total. The van der Waals surface area contributed by atoms with Crippen molar-refractivity contribution in [2.75, 3.05) is 0 Å². The monoisotopic (exact) mass is 234 g/mol. The largest absolute Gasteiger partial charge is 0.504 e. The van der Waals surface area contributed by atoms with Crippen molar-refractivity contribution in [2.45, 2.75) is 47.1 Å². The molecule has 0 aliphatic heterocycles. The Labute approximate surface area is 104 Å². The van der Waals surface area contributed by atoms with Gasteiger partial charge in [-0.15, -0.1) is 5.92 Å². The van der Waals surface area contributed by atoms with Gasteiger partial charge in [-0.1, -0.05) is 18.9 Å². The van der Waals surface area contributed by atoms with Gasteiger partial charge >= 0.3 is 0 Å². The first kappa shape index (κ1) is 15.3. The van der Waals surface area contributed by atoms with Crippen LogP contribution in [0.3, 0.4) is 0 Å². The van der Waals surface area contributed by atoms with Crippen LogP contribution >= 0.6 is 0 Å². The first-order valence-corrected chi connectivity index (χ1v) is 5.80. The molecule has 1 atom stereocenters. The minimum atomic E-state index is 0.0150. The van der Waals surface area contributed by atoms with E-state index < -0.39 is 0 Å². The SMILES string of the molecule is CC#CC(=CC)/C(C)=C(O)/C(N)=N\C(C)CC. The van der Waals surface area contributed by atoms with Crippen LogP contribution in [-0.2, 0) is 0 Å². The molecule has 0 spiro atoms. The number of allylic oxidation sites excluding steroid dienone is 3. The molecule has 0 aromatic heterocycles. The molecule has 0 saturated carbocycles. The molecule has 17 heavy (non-hydrogen) atoms. The second-order valence-corrected chi connectivity index (χ2v) is 3.82. The fourth-order valence-electron chi connectivity index (χ4n) is 1.23. The summed E-state index contributed by atoms with van der Waals surface area (Å²) in [5, 5.41) is 9.97. The number of nitrogens with zero attached hydrogens (tertiary/aromatic N) is 1. The Hall–Kier alpha value is -1.69. The molecule has 0 amide bonds. The Morgan fingerprint density at radius 3 is 2.53 bits per heavy atom. The molecule has 3 heteroatoms. The third kappa shape index (κ3) is 4.78. The van der Waals surface area contributed by atoms with Crippen molar-refractivity contribution in [2.24, 2.45) is 10.7 Å². The van der Waals surface area contributed by atoms with Crippen LogP contribution in [0.25, 0.3) is 0 Å². The molecule has 0 bridgehead atoms. The van der Waals surface area contributed by atoms with E-state index in [1.165, 1.54) is 0 Å². The lowest BCUT2D eigenvalue weighted by Crippen LogP contribution is -2.19. The average molecular weight is 234 g/mol. The Balaban J connectivity index is 5.28. The van der Waals surface area contributed by atoms with Crippen LogP contribution in [-0.4, -0.2) is 17.0 Å². The summed E-state index contributed by atoms with van der Waals surface area (Å²) in [5.41, 5.74) is 7.18. The Bertz CT molecular complexity index is 406. The van der Waals surface area contributed by atoms with E-state index >= 15 is 0 Å². The third-order valence-corrected chi connectivity index (χ3v) is 2.50. The van der Waals surface area contributed by atoms with Crippen LogP contribution in [0.4, 0.5) is 0 Å². The highest BCUT2D eigenvalue weighted by Crippen LogP contribution is 2.13. The smallest absolute Gasteiger partial charge is 0.161 e. The van der Waals surface area contributed by atoms with Gasteiger partial charge in [-0.25, -0.2) is 0 Å².